The lowest BCUT2D eigenvalue weighted by Gasteiger charge is -2.40. The van der Waals surface area contributed by atoms with Crippen molar-refractivity contribution in [3.63, 3.8) is 0 Å². The highest BCUT2D eigenvalue weighted by Gasteiger charge is 2.40. The van der Waals surface area contributed by atoms with Gasteiger partial charge in [0, 0.05) is 78.5 Å². The van der Waals surface area contributed by atoms with Crippen LogP contribution < -0.4 is 30.5 Å². The number of hydrogen-bond donors (Lipinski definition) is 3. The number of hydrogen-bond acceptors (Lipinski definition) is 13. The number of fused-ring (bicyclic) bond motifs is 2. The number of carbonyl (C=O) groups is 5. The minimum atomic E-state index is -0.660. The van der Waals surface area contributed by atoms with Gasteiger partial charge in [-0.2, -0.15) is 0 Å². The molecule has 1 saturated heterocycles. The molecule has 4 aromatic rings. The van der Waals surface area contributed by atoms with Crippen LogP contribution in [0.3, 0.4) is 0 Å². The Balaban J connectivity index is 0.788. The van der Waals surface area contributed by atoms with Gasteiger partial charge in [-0.05, 0) is 54.8 Å². The lowest BCUT2D eigenvalue weighted by molar-refractivity contribution is -0.137. The van der Waals surface area contributed by atoms with Crippen molar-refractivity contribution in [2.24, 2.45) is 0 Å². The molecule has 338 valence electrons. The van der Waals surface area contributed by atoms with Gasteiger partial charge < -0.3 is 44.3 Å². The fraction of sp³-hybridized carbons (Fsp3) is 0.413. The van der Waals surface area contributed by atoms with E-state index in [-0.39, 0.29) is 36.1 Å². The average molecular weight is 942 g/mol. The Morgan fingerprint density at radius 1 is 0.938 bits per heavy atom. The number of likely N-dealkylation sites (N-methyl/N-ethyl adjacent to an activating group) is 1. The molecule has 5 amide bonds. The van der Waals surface area contributed by atoms with Crippen LogP contribution in [-0.4, -0.2) is 123 Å². The van der Waals surface area contributed by atoms with E-state index < -0.39 is 11.9 Å². The predicted octanol–water partition coefficient (Wildman–Crippen LogP) is 4.25. The second-order valence-corrected chi connectivity index (χ2v) is 16.4. The minimum absolute atomic E-state index is 0.00119. The zero-order chi connectivity index (χ0) is 45.2. The van der Waals surface area contributed by atoms with Crippen LogP contribution in [-0.2, 0) is 48.1 Å². The second-order valence-electron chi connectivity index (χ2n) is 15.5. The summed E-state index contributed by atoms with van der Waals surface area (Å²) in [4.78, 5) is 78.2. The van der Waals surface area contributed by atoms with Crippen LogP contribution in [0.4, 0.5) is 17.2 Å². The quantitative estimate of drug-likeness (QED) is 0.0794. The van der Waals surface area contributed by atoms with Crippen molar-refractivity contribution >= 4 is 62.7 Å². The highest BCUT2D eigenvalue weighted by Crippen LogP contribution is 2.36. The second kappa shape index (κ2) is 21.6. The van der Waals surface area contributed by atoms with Crippen molar-refractivity contribution in [2.45, 2.75) is 57.8 Å². The van der Waals surface area contributed by atoms with E-state index in [0.29, 0.717) is 119 Å². The summed E-state index contributed by atoms with van der Waals surface area (Å²) >= 11 is 3.50. The summed E-state index contributed by atoms with van der Waals surface area (Å²) < 4.78 is 23.6. The van der Waals surface area contributed by atoms with Crippen LogP contribution in [0.2, 0.25) is 0 Å². The molecule has 2 atom stereocenters. The first kappa shape index (κ1) is 46.1. The van der Waals surface area contributed by atoms with Crippen LogP contribution >= 0.6 is 15.9 Å². The van der Waals surface area contributed by atoms with Gasteiger partial charge >= 0.3 is 0 Å². The summed E-state index contributed by atoms with van der Waals surface area (Å²) in [6, 6.07) is 17.7. The summed E-state index contributed by atoms with van der Waals surface area (Å²) in [5.41, 5.74) is 5.14. The molecule has 7 rings (SSSR count). The average Bonchev–Trinajstić information content (AvgIpc) is 3.63. The third-order valence-corrected chi connectivity index (χ3v) is 11.9. The van der Waals surface area contributed by atoms with Crippen molar-refractivity contribution in [1.82, 2.24) is 25.5 Å². The number of aromatic nitrogens is 2. The fourth-order valence-corrected chi connectivity index (χ4v) is 8.28. The monoisotopic (exact) mass is 940 g/mol. The smallest absolute Gasteiger partial charge is 0.255 e. The fourth-order valence-electron chi connectivity index (χ4n) is 8.02. The Morgan fingerprint density at radius 3 is 2.39 bits per heavy atom. The number of nitrogens with zero attached hydrogens (tertiary/aromatic N) is 5. The Morgan fingerprint density at radius 2 is 1.67 bits per heavy atom. The number of halogens is 1. The molecule has 1 unspecified atom stereocenters. The molecule has 3 aliphatic rings. The molecule has 3 aliphatic heterocycles. The normalized spacial score (nSPS) is 17.0. The molecule has 0 bridgehead atoms. The molecule has 0 saturated carbocycles. The summed E-state index contributed by atoms with van der Waals surface area (Å²) in [7, 11) is 3.31. The van der Waals surface area contributed by atoms with Crippen molar-refractivity contribution in [1.29, 1.82) is 0 Å². The van der Waals surface area contributed by atoms with E-state index in [1.165, 1.54) is 4.90 Å². The van der Waals surface area contributed by atoms with Crippen molar-refractivity contribution < 1.29 is 42.9 Å². The van der Waals surface area contributed by atoms with E-state index in [0.717, 1.165) is 26.9 Å². The Labute approximate surface area is 380 Å². The van der Waals surface area contributed by atoms with Gasteiger partial charge in [0.05, 0.1) is 52.9 Å². The first-order valence-electron chi connectivity index (χ1n) is 21.4. The molecule has 64 heavy (non-hydrogen) atoms. The largest absolute Gasteiger partial charge is 0.496 e. The van der Waals surface area contributed by atoms with E-state index in [9.17, 15) is 24.0 Å². The molecule has 0 radical (unpaired) electrons. The first-order valence-corrected chi connectivity index (χ1v) is 22.2. The van der Waals surface area contributed by atoms with Crippen molar-refractivity contribution in [3.05, 3.63) is 105 Å². The van der Waals surface area contributed by atoms with E-state index in [4.69, 9.17) is 23.9 Å². The molecule has 4 heterocycles. The lowest BCUT2D eigenvalue weighted by Crippen LogP contribution is -2.52. The third kappa shape index (κ3) is 10.9. The molecule has 3 N–H and O–H groups in total. The van der Waals surface area contributed by atoms with Gasteiger partial charge in [-0.3, -0.25) is 29.3 Å². The zero-order valence-corrected chi connectivity index (χ0v) is 37.8. The highest BCUT2D eigenvalue weighted by atomic mass is 79.9. The van der Waals surface area contributed by atoms with Gasteiger partial charge in [0.2, 0.25) is 17.7 Å². The van der Waals surface area contributed by atoms with Gasteiger partial charge in [0.1, 0.15) is 29.3 Å². The van der Waals surface area contributed by atoms with Gasteiger partial charge in [0.15, 0.2) is 5.82 Å². The number of methoxy groups -OCH3 is 1. The number of imide groups is 1. The van der Waals surface area contributed by atoms with Crippen LogP contribution in [0, 0.1) is 0 Å². The maximum absolute atomic E-state index is 13.3. The molecule has 17 nitrogen and oxygen atoms in total. The SMILES string of the molecule is CC[C@@H]1C(=O)N(C)c2cnc(Cc3ccc(C(=O)NCCOCCOCCOCCNc4cccc5c4CN(C4CCC(=O)NC4=O)C5=O)cc3OC)nc2N1Cc1ccc(Br)cc1. The summed E-state index contributed by atoms with van der Waals surface area (Å²) in [6.45, 7) is 5.84. The molecule has 0 aliphatic carbocycles. The Kier molecular flexibility index (Phi) is 15.6. The molecule has 1 fully saturated rings. The molecular weight excluding hydrogens is 888 g/mol. The first-order chi connectivity index (χ1) is 31.1. The molecular formula is C46H53BrN8O9. The number of ether oxygens (including phenoxy) is 4. The van der Waals surface area contributed by atoms with Gasteiger partial charge in [-0.1, -0.05) is 47.1 Å². The summed E-state index contributed by atoms with van der Waals surface area (Å²) in [5.74, 6) is 0.559. The molecule has 18 heteroatoms. The van der Waals surface area contributed by atoms with Crippen molar-refractivity contribution in [2.75, 3.05) is 82.0 Å². The zero-order valence-electron chi connectivity index (χ0n) is 36.2. The summed E-state index contributed by atoms with van der Waals surface area (Å²) in [5, 5.41) is 8.53. The van der Waals surface area contributed by atoms with E-state index in [1.807, 2.05) is 43.3 Å². The van der Waals surface area contributed by atoms with Gasteiger partial charge in [-0.15, -0.1) is 0 Å². The van der Waals surface area contributed by atoms with Crippen molar-refractivity contribution in [3.8, 4) is 5.75 Å². The van der Waals surface area contributed by atoms with Crippen LogP contribution in [0.15, 0.2) is 71.3 Å². The standard InChI is InChI=1S/C46H53BrN8O9/c1-4-36-46(60)53(2)38-26-50-40(51-42(38)54(36)27-29-8-12-32(47)13-9-29)25-30-10-11-31(24-39(30)61-3)43(57)49-17-19-63-21-23-64-22-20-62-18-16-48-35-7-5-6-33-34(35)28-55(45(33)59)37-14-15-41(56)52-44(37)58/h5-13,24,26,36-37,48H,4,14-23,25,27-28H2,1-3H3,(H,49,57)(H,52,56,58)/t36-,37?/m1/s1. The van der Waals surface area contributed by atoms with Crippen LogP contribution in [0.5, 0.6) is 5.75 Å². The Bertz CT molecular complexity index is 2350. The number of rotatable bonds is 21. The number of benzene rings is 3. The molecule has 3 aromatic carbocycles. The van der Waals surface area contributed by atoms with E-state index in [2.05, 4.69) is 41.8 Å². The van der Waals surface area contributed by atoms with Crippen LogP contribution in [0.25, 0.3) is 0 Å². The maximum Gasteiger partial charge on any atom is 0.255 e. The topological polar surface area (TPSA) is 194 Å². The van der Waals surface area contributed by atoms with Gasteiger partial charge in [0.25, 0.3) is 11.8 Å². The predicted molar refractivity (Wildman–Crippen MR) is 241 cm³/mol. The van der Waals surface area contributed by atoms with Gasteiger partial charge in [-0.25, -0.2) is 9.97 Å². The minimum Gasteiger partial charge on any atom is -0.496 e. The maximum atomic E-state index is 13.3. The third-order valence-electron chi connectivity index (χ3n) is 11.4. The molecule has 1 aromatic heterocycles. The van der Waals surface area contributed by atoms with Crippen LogP contribution in [0.1, 0.15) is 69.4 Å². The number of amides is 5. The summed E-state index contributed by atoms with van der Waals surface area (Å²) in [6.07, 6.45) is 3.20. The van der Waals surface area contributed by atoms with E-state index >= 15 is 0 Å². The number of nitrogens with one attached hydrogen (secondary N) is 3. The number of carbonyl (C=O) groups excluding carboxylic acids is 5. The molecule has 0 spiro atoms. The van der Waals surface area contributed by atoms with E-state index in [1.54, 1.807) is 49.5 Å². The Hall–Kier alpha value is -5.95. The number of piperidine rings is 1. The lowest BCUT2D eigenvalue weighted by atomic mass is 10.0. The highest BCUT2D eigenvalue weighted by molar-refractivity contribution is 9.10. The number of anilines is 3.